The molecule has 166 valence electrons. The quantitative estimate of drug-likeness (QED) is 0.337. The molecule has 0 radical (unpaired) electrons. The fourth-order valence-corrected chi connectivity index (χ4v) is 3.67. The molecule has 4 heteroatoms. The first-order valence-electron chi connectivity index (χ1n) is 10.6. The van der Waals surface area contributed by atoms with E-state index in [0.717, 1.165) is 22.6 Å². The number of rotatable bonds is 7. The van der Waals surface area contributed by atoms with E-state index in [4.69, 9.17) is 13.9 Å². The maximum absolute atomic E-state index is 6.52. The second-order valence-corrected chi connectivity index (χ2v) is 16.4. The zero-order valence-corrected chi connectivity index (χ0v) is 21.9. The van der Waals surface area contributed by atoms with Crippen LogP contribution in [-0.4, -0.2) is 28.6 Å². The average molecular weight is 421 g/mol. The monoisotopic (exact) mass is 420 g/mol. The summed E-state index contributed by atoms with van der Waals surface area (Å²) in [5, 5.41) is 0.153. The topological polar surface area (TPSA) is 27.7 Å². The minimum Gasteiger partial charge on any atom is -0.543 e. The second-order valence-electron chi connectivity index (χ2n) is 11.7. The van der Waals surface area contributed by atoms with Crippen LogP contribution in [0.2, 0.25) is 18.1 Å². The Balaban J connectivity index is 3.30. The van der Waals surface area contributed by atoms with Crippen LogP contribution in [0, 0.1) is 10.8 Å². The first kappa shape index (κ1) is 25.8. The van der Waals surface area contributed by atoms with Gasteiger partial charge in [0.25, 0.3) is 0 Å². The fraction of sp³-hybridized carbons (Fsp3) is 0.680. The Bertz CT molecular complexity index is 698. The summed E-state index contributed by atoms with van der Waals surface area (Å²) in [6, 6.07) is 8.29. The smallest absolute Gasteiger partial charge is 0.250 e. The maximum Gasteiger partial charge on any atom is 0.250 e. The van der Waals surface area contributed by atoms with Crippen LogP contribution in [0.5, 0.6) is 5.75 Å². The molecule has 0 atom stereocenters. The predicted molar refractivity (Wildman–Crippen MR) is 128 cm³/mol. The van der Waals surface area contributed by atoms with Gasteiger partial charge in [0.15, 0.2) is 0 Å². The third-order valence-corrected chi connectivity index (χ3v) is 9.80. The molecule has 0 spiro atoms. The molecular weight excluding hydrogens is 376 g/mol. The predicted octanol–water partition coefficient (Wildman–Crippen LogP) is 7.54. The van der Waals surface area contributed by atoms with Gasteiger partial charge in [-0.3, -0.25) is 0 Å². The number of ether oxygens (including phenoxy) is 2. The average Bonchev–Trinajstić information content (AvgIpc) is 2.51. The first-order valence-corrected chi connectivity index (χ1v) is 13.5. The lowest BCUT2D eigenvalue weighted by Crippen LogP contribution is -2.43. The van der Waals surface area contributed by atoms with E-state index < -0.39 is 8.32 Å². The van der Waals surface area contributed by atoms with E-state index in [9.17, 15) is 0 Å². The molecule has 0 amide bonds. The van der Waals surface area contributed by atoms with Gasteiger partial charge < -0.3 is 13.9 Å². The minimum atomic E-state index is -1.90. The molecule has 0 aliphatic carbocycles. The molecule has 0 fully saturated rings. The highest BCUT2D eigenvalue weighted by Gasteiger charge is 2.39. The molecular formula is C25H44O3Si. The van der Waals surface area contributed by atoms with E-state index in [1.807, 2.05) is 12.1 Å². The van der Waals surface area contributed by atoms with Gasteiger partial charge in [0.05, 0.1) is 20.3 Å². The first-order chi connectivity index (χ1) is 13.0. The van der Waals surface area contributed by atoms with Crippen LogP contribution in [0.4, 0.5) is 0 Å². The molecule has 0 saturated heterocycles. The molecule has 1 aromatic rings. The molecule has 3 nitrogen and oxygen atoms in total. The van der Waals surface area contributed by atoms with Crippen LogP contribution >= 0.6 is 0 Å². The van der Waals surface area contributed by atoms with Crippen LogP contribution in [0.1, 0.15) is 67.9 Å². The summed E-state index contributed by atoms with van der Waals surface area (Å²) >= 11 is 0. The number of hydrogen-bond acceptors (Lipinski definition) is 3. The Morgan fingerprint density at radius 2 is 1.52 bits per heavy atom. The lowest BCUT2D eigenvalue weighted by molar-refractivity contribution is 0.0787. The number of hydrogen-bond donors (Lipinski definition) is 0. The minimum absolute atomic E-state index is 0.0699. The molecule has 0 aliphatic heterocycles. The lowest BCUT2D eigenvalue weighted by Gasteiger charge is -2.36. The summed E-state index contributed by atoms with van der Waals surface area (Å²) < 4.78 is 18.5. The molecule has 1 aromatic carbocycles. The van der Waals surface area contributed by atoms with Crippen molar-refractivity contribution < 1.29 is 13.9 Å². The lowest BCUT2D eigenvalue weighted by atomic mass is 9.84. The highest BCUT2D eigenvalue weighted by atomic mass is 28.4. The maximum atomic E-state index is 6.52. The molecule has 0 bridgehead atoms. The Hall–Kier alpha value is -1.26. The van der Waals surface area contributed by atoms with Crippen LogP contribution < -0.4 is 4.43 Å². The summed E-state index contributed by atoms with van der Waals surface area (Å²) in [6.45, 7) is 25.8. The standard InChI is InChI=1S/C25H44O3Si/c1-23(2,3)18-27-17-21(24(4,5)6)22(26-10)19-14-13-15-20(16-19)28-29(11,12)25(7,8)9/h13-16H,17-18H2,1-12H3. The van der Waals surface area contributed by atoms with Gasteiger partial charge in [0.2, 0.25) is 8.32 Å². The van der Waals surface area contributed by atoms with E-state index in [1.165, 1.54) is 0 Å². The van der Waals surface area contributed by atoms with Gasteiger partial charge in [-0.15, -0.1) is 0 Å². The number of benzene rings is 1. The molecule has 0 unspecified atom stereocenters. The third kappa shape index (κ3) is 7.82. The second kappa shape index (κ2) is 9.26. The van der Waals surface area contributed by atoms with Crippen molar-refractivity contribution in [3.8, 4) is 5.75 Å². The Labute approximate surface area is 181 Å². The highest BCUT2D eigenvalue weighted by Crippen LogP contribution is 2.39. The largest absolute Gasteiger partial charge is 0.543 e. The summed E-state index contributed by atoms with van der Waals surface area (Å²) in [5.41, 5.74) is 2.26. The van der Waals surface area contributed by atoms with Crippen molar-refractivity contribution in [2.75, 3.05) is 20.3 Å². The van der Waals surface area contributed by atoms with E-state index in [-0.39, 0.29) is 15.9 Å². The number of methoxy groups -OCH3 is 1. The van der Waals surface area contributed by atoms with Crippen LogP contribution in [-0.2, 0) is 9.47 Å². The Kier molecular flexibility index (Phi) is 8.23. The SMILES string of the molecule is COC(=C(COCC(C)(C)C)C(C)(C)C)c1cccc(O[Si](C)(C)C(C)(C)C)c1. The van der Waals surface area contributed by atoms with Crippen molar-refractivity contribution in [1.82, 2.24) is 0 Å². The van der Waals surface area contributed by atoms with E-state index in [2.05, 4.69) is 87.5 Å². The molecule has 0 saturated carbocycles. The summed E-state index contributed by atoms with van der Waals surface area (Å²) in [5.74, 6) is 1.79. The molecule has 29 heavy (non-hydrogen) atoms. The van der Waals surface area contributed by atoms with Gasteiger partial charge in [0, 0.05) is 11.1 Å². The van der Waals surface area contributed by atoms with Crippen LogP contribution in [0.3, 0.4) is 0 Å². The Morgan fingerprint density at radius 3 is 1.97 bits per heavy atom. The third-order valence-electron chi connectivity index (χ3n) is 5.44. The summed E-state index contributed by atoms with van der Waals surface area (Å²) in [7, 11) is -0.159. The van der Waals surface area contributed by atoms with Crippen molar-refractivity contribution in [1.29, 1.82) is 0 Å². The highest BCUT2D eigenvalue weighted by molar-refractivity contribution is 6.74. The Morgan fingerprint density at radius 1 is 0.931 bits per heavy atom. The zero-order chi connectivity index (χ0) is 22.7. The van der Waals surface area contributed by atoms with Gasteiger partial charge >= 0.3 is 0 Å². The molecule has 0 heterocycles. The van der Waals surface area contributed by atoms with Crippen molar-refractivity contribution in [2.45, 2.75) is 80.4 Å². The van der Waals surface area contributed by atoms with Gasteiger partial charge in [-0.1, -0.05) is 74.4 Å². The van der Waals surface area contributed by atoms with Crippen LogP contribution in [0.15, 0.2) is 29.8 Å². The van der Waals surface area contributed by atoms with Crippen molar-refractivity contribution >= 4 is 14.1 Å². The van der Waals surface area contributed by atoms with E-state index in [0.29, 0.717) is 13.2 Å². The van der Waals surface area contributed by atoms with Gasteiger partial charge in [-0.05, 0) is 41.1 Å². The van der Waals surface area contributed by atoms with Gasteiger partial charge in [-0.25, -0.2) is 0 Å². The normalized spacial score (nSPS) is 14.5. The molecule has 0 N–H and O–H groups in total. The van der Waals surface area contributed by atoms with Gasteiger partial charge in [0.1, 0.15) is 11.5 Å². The van der Waals surface area contributed by atoms with Crippen molar-refractivity contribution in [2.24, 2.45) is 10.8 Å². The molecule has 1 rings (SSSR count). The zero-order valence-electron chi connectivity index (χ0n) is 20.9. The van der Waals surface area contributed by atoms with E-state index in [1.54, 1.807) is 7.11 Å². The van der Waals surface area contributed by atoms with Crippen molar-refractivity contribution in [3.63, 3.8) is 0 Å². The molecule has 0 aliphatic rings. The van der Waals surface area contributed by atoms with E-state index >= 15 is 0 Å². The van der Waals surface area contributed by atoms with Gasteiger partial charge in [-0.2, -0.15) is 0 Å². The van der Waals surface area contributed by atoms with Crippen LogP contribution in [0.25, 0.3) is 5.76 Å². The van der Waals surface area contributed by atoms with Crippen molar-refractivity contribution in [3.05, 3.63) is 35.4 Å². The molecule has 0 aromatic heterocycles. The summed E-state index contributed by atoms with van der Waals surface area (Å²) in [6.07, 6.45) is 0. The fourth-order valence-electron chi connectivity index (χ4n) is 2.65. The summed E-state index contributed by atoms with van der Waals surface area (Å²) in [4.78, 5) is 0.